The molecular weight excluding hydrogens is 316 g/mol. The lowest BCUT2D eigenvalue weighted by Gasteiger charge is -2.09. The predicted molar refractivity (Wildman–Crippen MR) is 94.5 cm³/mol. The lowest BCUT2D eigenvalue weighted by Crippen LogP contribution is -2.32. The fourth-order valence-electron chi connectivity index (χ4n) is 3.80. The van der Waals surface area contributed by atoms with Crippen LogP contribution in [-0.4, -0.2) is 37.5 Å². The topological polar surface area (TPSA) is 90.8 Å². The fraction of sp³-hybridized carbons (Fsp3) is 0.444. The highest BCUT2D eigenvalue weighted by Gasteiger charge is 2.38. The van der Waals surface area contributed by atoms with E-state index in [1.54, 1.807) is 0 Å². The Balaban J connectivity index is 1.51. The molecule has 3 aromatic rings. The molecule has 1 aliphatic heterocycles. The molecule has 0 radical (unpaired) electrons. The standard InChI is InChI=1S/C18H22N6O/c25-8-7-24-18(16-9-15(21-22-16)11-5-6-11)20-17(23-24)13-10-19-14-4-2-1-3-12(13)14/h1-4,10-11,15-16,19,21-22,25H,5-9H2. The number of hydrogen-bond acceptors (Lipinski definition) is 5. The van der Waals surface area contributed by atoms with E-state index in [9.17, 15) is 5.11 Å². The number of hydrazine groups is 1. The van der Waals surface area contributed by atoms with Gasteiger partial charge in [-0.1, -0.05) is 18.2 Å². The second-order valence-corrected chi connectivity index (χ2v) is 7.01. The third kappa shape index (κ3) is 2.64. The smallest absolute Gasteiger partial charge is 0.183 e. The maximum Gasteiger partial charge on any atom is 0.183 e. The molecule has 7 nitrogen and oxygen atoms in total. The van der Waals surface area contributed by atoms with Crippen LogP contribution in [0.2, 0.25) is 0 Å². The summed E-state index contributed by atoms with van der Waals surface area (Å²) in [5.41, 5.74) is 8.86. The number of aliphatic hydroxyl groups is 1. The van der Waals surface area contributed by atoms with Crippen molar-refractivity contribution in [3.8, 4) is 11.4 Å². The first-order valence-electron chi connectivity index (χ1n) is 8.96. The minimum Gasteiger partial charge on any atom is -0.394 e. The molecule has 2 aromatic heterocycles. The average molecular weight is 338 g/mol. The summed E-state index contributed by atoms with van der Waals surface area (Å²) in [5.74, 6) is 2.39. The molecule has 4 N–H and O–H groups in total. The summed E-state index contributed by atoms with van der Waals surface area (Å²) >= 11 is 0. The third-order valence-corrected chi connectivity index (χ3v) is 5.28. The minimum atomic E-state index is 0.0515. The maximum absolute atomic E-state index is 9.42. The quantitative estimate of drug-likeness (QED) is 0.569. The van der Waals surface area contributed by atoms with Crippen LogP contribution in [0.15, 0.2) is 30.5 Å². The zero-order chi connectivity index (χ0) is 16.8. The fourth-order valence-corrected chi connectivity index (χ4v) is 3.80. The van der Waals surface area contributed by atoms with Crippen LogP contribution >= 0.6 is 0 Å². The van der Waals surface area contributed by atoms with E-state index >= 15 is 0 Å². The van der Waals surface area contributed by atoms with Crippen LogP contribution in [-0.2, 0) is 6.54 Å². The van der Waals surface area contributed by atoms with E-state index in [2.05, 4.69) is 27.0 Å². The first kappa shape index (κ1) is 15.1. The zero-order valence-corrected chi connectivity index (χ0v) is 13.9. The average Bonchev–Trinajstić information content (AvgIpc) is 3.06. The van der Waals surface area contributed by atoms with E-state index < -0.39 is 0 Å². The molecule has 0 bridgehead atoms. The molecule has 1 saturated heterocycles. The Morgan fingerprint density at radius 2 is 2.08 bits per heavy atom. The van der Waals surface area contributed by atoms with Crippen LogP contribution < -0.4 is 10.9 Å². The first-order valence-corrected chi connectivity index (χ1v) is 8.96. The lowest BCUT2D eigenvalue weighted by atomic mass is 10.1. The Morgan fingerprint density at radius 1 is 1.20 bits per heavy atom. The number of benzene rings is 1. The van der Waals surface area contributed by atoms with Crippen molar-refractivity contribution in [1.82, 2.24) is 30.6 Å². The molecular formula is C18H22N6O. The normalized spacial score (nSPS) is 23.6. The maximum atomic E-state index is 9.42. The molecule has 7 heteroatoms. The molecule has 1 aromatic carbocycles. The Morgan fingerprint density at radius 3 is 2.92 bits per heavy atom. The van der Waals surface area contributed by atoms with Crippen molar-refractivity contribution < 1.29 is 5.11 Å². The van der Waals surface area contributed by atoms with Crippen LogP contribution in [0.5, 0.6) is 0 Å². The van der Waals surface area contributed by atoms with Crippen molar-refractivity contribution in [1.29, 1.82) is 0 Å². The van der Waals surface area contributed by atoms with E-state index in [0.29, 0.717) is 18.4 Å². The number of rotatable bonds is 5. The van der Waals surface area contributed by atoms with Crippen molar-refractivity contribution in [3.05, 3.63) is 36.3 Å². The SMILES string of the molecule is OCCn1nc(-c2c[nH]c3ccccc23)nc1C1CC(C2CC2)NN1. The van der Waals surface area contributed by atoms with Gasteiger partial charge in [-0.3, -0.25) is 5.43 Å². The molecule has 2 unspecified atom stereocenters. The van der Waals surface area contributed by atoms with E-state index in [4.69, 9.17) is 4.98 Å². The van der Waals surface area contributed by atoms with Crippen molar-refractivity contribution in [2.75, 3.05) is 6.61 Å². The van der Waals surface area contributed by atoms with Gasteiger partial charge in [0.05, 0.1) is 19.2 Å². The molecule has 1 aliphatic carbocycles. The summed E-state index contributed by atoms with van der Waals surface area (Å²) in [6, 6.07) is 8.80. The predicted octanol–water partition coefficient (Wildman–Crippen LogP) is 1.74. The van der Waals surface area contributed by atoms with Gasteiger partial charge in [-0.2, -0.15) is 5.10 Å². The zero-order valence-electron chi connectivity index (χ0n) is 13.9. The van der Waals surface area contributed by atoms with Gasteiger partial charge in [0.1, 0.15) is 5.82 Å². The van der Waals surface area contributed by atoms with Crippen molar-refractivity contribution >= 4 is 10.9 Å². The van der Waals surface area contributed by atoms with Gasteiger partial charge in [-0.05, 0) is 31.2 Å². The van der Waals surface area contributed by atoms with Gasteiger partial charge in [0.2, 0.25) is 0 Å². The lowest BCUT2D eigenvalue weighted by molar-refractivity contribution is 0.265. The Kier molecular flexibility index (Phi) is 3.58. The third-order valence-electron chi connectivity index (χ3n) is 5.28. The molecule has 2 fully saturated rings. The Hall–Kier alpha value is -2.22. The number of aliphatic hydroxyl groups excluding tert-OH is 1. The number of nitrogens with one attached hydrogen (secondary N) is 3. The molecule has 2 atom stereocenters. The molecule has 2 aliphatic rings. The first-order chi connectivity index (χ1) is 12.3. The van der Waals surface area contributed by atoms with Gasteiger partial charge < -0.3 is 10.1 Å². The largest absolute Gasteiger partial charge is 0.394 e. The van der Waals surface area contributed by atoms with Gasteiger partial charge in [0, 0.05) is 28.7 Å². The van der Waals surface area contributed by atoms with E-state index in [-0.39, 0.29) is 12.6 Å². The Bertz CT molecular complexity index is 896. The molecule has 5 rings (SSSR count). The number of aromatic nitrogens is 4. The van der Waals surface area contributed by atoms with Crippen LogP contribution in [0.3, 0.4) is 0 Å². The highest BCUT2D eigenvalue weighted by molar-refractivity contribution is 5.93. The molecule has 1 saturated carbocycles. The van der Waals surface area contributed by atoms with Crippen molar-refractivity contribution in [3.63, 3.8) is 0 Å². The highest BCUT2D eigenvalue weighted by atomic mass is 16.3. The molecule has 0 amide bonds. The van der Waals surface area contributed by atoms with Crippen molar-refractivity contribution in [2.45, 2.75) is 37.9 Å². The Labute approximate surface area is 145 Å². The monoisotopic (exact) mass is 338 g/mol. The van der Waals surface area contributed by atoms with Gasteiger partial charge in [0.25, 0.3) is 0 Å². The number of hydrogen-bond donors (Lipinski definition) is 4. The van der Waals surface area contributed by atoms with Crippen molar-refractivity contribution in [2.24, 2.45) is 5.92 Å². The number of nitrogens with zero attached hydrogens (tertiary/aromatic N) is 3. The van der Waals surface area contributed by atoms with Crippen LogP contribution in [0.1, 0.15) is 31.1 Å². The van der Waals surface area contributed by atoms with Crippen LogP contribution in [0.4, 0.5) is 0 Å². The highest BCUT2D eigenvalue weighted by Crippen LogP contribution is 2.38. The molecule has 25 heavy (non-hydrogen) atoms. The number of para-hydroxylation sites is 1. The summed E-state index contributed by atoms with van der Waals surface area (Å²) in [4.78, 5) is 8.12. The summed E-state index contributed by atoms with van der Waals surface area (Å²) in [6.45, 7) is 0.507. The van der Waals surface area contributed by atoms with Crippen LogP contribution in [0.25, 0.3) is 22.3 Å². The van der Waals surface area contributed by atoms with E-state index in [0.717, 1.165) is 34.6 Å². The molecule has 3 heterocycles. The summed E-state index contributed by atoms with van der Waals surface area (Å²) < 4.78 is 1.84. The second-order valence-electron chi connectivity index (χ2n) is 7.01. The van der Waals surface area contributed by atoms with Gasteiger partial charge in [0.15, 0.2) is 5.82 Å². The van der Waals surface area contributed by atoms with Gasteiger partial charge in [-0.25, -0.2) is 15.1 Å². The minimum absolute atomic E-state index is 0.0515. The number of aromatic amines is 1. The van der Waals surface area contributed by atoms with Gasteiger partial charge in [-0.15, -0.1) is 0 Å². The van der Waals surface area contributed by atoms with E-state index in [1.807, 2.05) is 29.1 Å². The molecule has 130 valence electrons. The van der Waals surface area contributed by atoms with Gasteiger partial charge >= 0.3 is 0 Å². The number of fused-ring (bicyclic) bond motifs is 1. The molecule has 0 spiro atoms. The summed E-state index contributed by atoms with van der Waals surface area (Å²) in [5, 5.41) is 15.2. The number of H-pyrrole nitrogens is 1. The van der Waals surface area contributed by atoms with Crippen LogP contribution in [0, 0.1) is 5.92 Å². The van der Waals surface area contributed by atoms with E-state index in [1.165, 1.54) is 12.8 Å². The summed E-state index contributed by atoms with van der Waals surface area (Å²) in [7, 11) is 0. The second kappa shape index (κ2) is 5.94. The summed E-state index contributed by atoms with van der Waals surface area (Å²) in [6.07, 6.45) is 5.61.